The van der Waals surface area contributed by atoms with Crippen molar-refractivity contribution in [3.05, 3.63) is 40.3 Å². The van der Waals surface area contributed by atoms with E-state index in [-0.39, 0.29) is 22.9 Å². The van der Waals surface area contributed by atoms with Crippen LogP contribution in [0.5, 0.6) is 0 Å². The summed E-state index contributed by atoms with van der Waals surface area (Å²) in [5, 5.41) is 8.52. The van der Waals surface area contributed by atoms with Crippen LogP contribution >= 0.6 is 11.8 Å². The van der Waals surface area contributed by atoms with E-state index in [4.69, 9.17) is 5.11 Å². The Morgan fingerprint density at radius 1 is 1.20 bits per heavy atom. The average Bonchev–Trinajstić information content (AvgIpc) is 3.20. The van der Waals surface area contributed by atoms with Crippen molar-refractivity contribution in [1.29, 1.82) is 0 Å². The number of nitrogens with zero attached hydrogens (tertiary/aromatic N) is 2. The quantitative estimate of drug-likeness (QED) is 0.826. The number of amides is 3. The van der Waals surface area contributed by atoms with E-state index in [9.17, 15) is 19.2 Å². The Morgan fingerprint density at radius 2 is 1.92 bits per heavy atom. The summed E-state index contributed by atoms with van der Waals surface area (Å²) in [7, 11) is 0. The minimum atomic E-state index is -1.07. The van der Waals surface area contributed by atoms with Crippen LogP contribution in [0.2, 0.25) is 0 Å². The van der Waals surface area contributed by atoms with Gasteiger partial charge in [0.2, 0.25) is 5.91 Å². The number of benzene rings is 1. The third-order valence-corrected chi connectivity index (χ3v) is 4.96. The molecule has 25 heavy (non-hydrogen) atoms. The summed E-state index contributed by atoms with van der Waals surface area (Å²) in [4.78, 5) is 50.4. The first kappa shape index (κ1) is 17.2. The van der Waals surface area contributed by atoms with Gasteiger partial charge in [-0.15, -0.1) is 0 Å². The fraction of sp³-hybridized carbons (Fsp3) is 0.294. The maximum atomic E-state index is 12.4. The molecule has 0 bridgehead atoms. The Labute approximate surface area is 148 Å². The van der Waals surface area contributed by atoms with Crippen LogP contribution in [0, 0.1) is 0 Å². The fourth-order valence-corrected chi connectivity index (χ4v) is 3.59. The van der Waals surface area contributed by atoms with Crippen molar-refractivity contribution in [2.75, 3.05) is 19.6 Å². The van der Waals surface area contributed by atoms with Gasteiger partial charge in [0.05, 0.1) is 10.5 Å². The Morgan fingerprint density at radius 3 is 2.60 bits per heavy atom. The lowest BCUT2D eigenvalue weighted by Crippen LogP contribution is -2.40. The summed E-state index contributed by atoms with van der Waals surface area (Å²) < 4.78 is 0. The first-order valence-electron chi connectivity index (χ1n) is 7.82. The fourth-order valence-electron chi connectivity index (χ4n) is 2.75. The van der Waals surface area contributed by atoms with Crippen molar-refractivity contribution in [3.8, 4) is 0 Å². The number of carboxylic acid groups (broad SMARTS) is 1. The minimum absolute atomic E-state index is 0.0946. The summed E-state index contributed by atoms with van der Waals surface area (Å²) in [6.07, 6.45) is 3.35. The molecular formula is C17H16N2O5S. The van der Waals surface area contributed by atoms with Gasteiger partial charge in [0.1, 0.15) is 6.54 Å². The first-order valence-corrected chi connectivity index (χ1v) is 8.64. The molecule has 0 atom stereocenters. The topological polar surface area (TPSA) is 95.0 Å². The van der Waals surface area contributed by atoms with E-state index >= 15 is 0 Å². The number of carbonyl (C=O) groups excluding carboxylic acids is 3. The summed E-state index contributed by atoms with van der Waals surface area (Å²) >= 11 is 0.756. The van der Waals surface area contributed by atoms with Crippen LogP contribution in [-0.2, 0) is 9.59 Å². The SMILES string of the molecule is O=C(O)c1cccc(/C=C2\SC(=O)N(CC(=O)N3CCCC3)C2=O)c1. The van der Waals surface area contributed by atoms with Gasteiger partial charge in [0, 0.05) is 13.1 Å². The Hall–Kier alpha value is -2.61. The number of hydrogen-bond acceptors (Lipinski definition) is 5. The van der Waals surface area contributed by atoms with Crippen LogP contribution in [0.25, 0.3) is 6.08 Å². The van der Waals surface area contributed by atoms with Crippen LogP contribution in [0.3, 0.4) is 0 Å². The van der Waals surface area contributed by atoms with Crippen LogP contribution in [0.4, 0.5) is 4.79 Å². The smallest absolute Gasteiger partial charge is 0.335 e. The van der Waals surface area contributed by atoms with Crippen molar-refractivity contribution < 1.29 is 24.3 Å². The number of thioether (sulfide) groups is 1. The zero-order valence-electron chi connectivity index (χ0n) is 13.3. The lowest BCUT2D eigenvalue weighted by Gasteiger charge is -2.18. The molecule has 1 N–H and O–H groups in total. The molecule has 0 spiro atoms. The standard InChI is InChI=1S/C17H16N2O5S/c20-14(18-6-1-2-7-18)10-19-15(21)13(25-17(19)24)9-11-4-3-5-12(8-11)16(22)23/h3-5,8-9H,1-2,6-7,10H2,(H,22,23)/b13-9-. The number of carbonyl (C=O) groups is 4. The van der Waals surface area contributed by atoms with Crippen molar-refractivity contribution in [3.63, 3.8) is 0 Å². The van der Waals surface area contributed by atoms with E-state index in [1.54, 1.807) is 17.0 Å². The molecule has 2 heterocycles. The second kappa shape index (κ2) is 7.10. The zero-order chi connectivity index (χ0) is 18.0. The van der Waals surface area contributed by atoms with E-state index in [0.29, 0.717) is 18.7 Å². The van der Waals surface area contributed by atoms with Crippen LogP contribution in [0.15, 0.2) is 29.2 Å². The highest BCUT2D eigenvalue weighted by Gasteiger charge is 2.37. The number of carboxylic acids is 1. The molecule has 3 amide bonds. The second-order valence-corrected chi connectivity index (χ2v) is 6.78. The molecule has 8 heteroatoms. The predicted octanol–water partition coefficient (Wildman–Crippen LogP) is 2.04. The number of likely N-dealkylation sites (tertiary alicyclic amines) is 1. The van der Waals surface area contributed by atoms with Gasteiger partial charge in [0.15, 0.2) is 0 Å². The Bertz CT molecular complexity index is 783. The Kier molecular flexibility index (Phi) is 4.89. The van der Waals surface area contributed by atoms with Gasteiger partial charge in [-0.25, -0.2) is 4.79 Å². The van der Waals surface area contributed by atoms with Crippen LogP contribution < -0.4 is 0 Å². The molecule has 1 aromatic rings. The lowest BCUT2D eigenvalue weighted by molar-refractivity contribution is -0.135. The molecule has 0 saturated carbocycles. The lowest BCUT2D eigenvalue weighted by atomic mass is 10.1. The molecule has 3 rings (SSSR count). The maximum absolute atomic E-state index is 12.4. The molecule has 2 aliphatic rings. The molecule has 2 saturated heterocycles. The number of aromatic carboxylic acids is 1. The van der Waals surface area contributed by atoms with Gasteiger partial charge in [-0.1, -0.05) is 12.1 Å². The first-order chi connectivity index (χ1) is 12.0. The highest BCUT2D eigenvalue weighted by molar-refractivity contribution is 8.18. The van der Waals surface area contributed by atoms with E-state index < -0.39 is 17.1 Å². The number of rotatable bonds is 4. The molecule has 2 aliphatic heterocycles. The van der Waals surface area contributed by atoms with Crippen molar-refractivity contribution in [2.45, 2.75) is 12.8 Å². The summed E-state index contributed by atoms with van der Waals surface area (Å²) in [5.74, 6) is -1.82. The molecule has 0 aromatic heterocycles. The largest absolute Gasteiger partial charge is 0.478 e. The molecular weight excluding hydrogens is 344 g/mol. The van der Waals surface area contributed by atoms with E-state index in [0.717, 1.165) is 29.5 Å². The third-order valence-electron chi connectivity index (χ3n) is 4.06. The highest BCUT2D eigenvalue weighted by Crippen LogP contribution is 2.32. The summed E-state index contributed by atoms with van der Waals surface area (Å²) in [6.45, 7) is 1.07. The van der Waals surface area contributed by atoms with Crippen molar-refractivity contribution >= 4 is 40.9 Å². The monoisotopic (exact) mass is 360 g/mol. The molecule has 1 aromatic carbocycles. The minimum Gasteiger partial charge on any atom is -0.478 e. The third kappa shape index (κ3) is 3.74. The predicted molar refractivity (Wildman–Crippen MR) is 91.9 cm³/mol. The van der Waals surface area contributed by atoms with E-state index in [2.05, 4.69) is 0 Å². The van der Waals surface area contributed by atoms with Gasteiger partial charge in [-0.2, -0.15) is 0 Å². The zero-order valence-corrected chi connectivity index (χ0v) is 14.1. The van der Waals surface area contributed by atoms with Crippen molar-refractivity contribution in [1.82, 2.24) is 9.80 Å². The molecule has 0 radical (unpaired) electrons. The van der Waals surface area contributed by atoms with Gasteiger partial charge in [0.25, 0.3) is 11.1 Å². The molecule has 7 nitrogen and oxygen atoms in total. The summed E-state index contributed by atoms with van der Waals surface area (Å²) in [5.41, 5.74) is 0.605. The second-order valence-electron chi connectivity index (χ2n) is 5.79. The normalized spacial score (nSPS) is 19.1. The Balaban J connectivity index is 1.75. The van der Waals surface area contributed by atoms with Gasteiger partial charge in [-0.05, 0) is 48.4 Å². The molecule has 0 aliphatic carbocycles. The van der Waals surface area contributed by atoms with Gasteiger partial charge < -0.3 is 10.0 Å². The summed E-state index contributed by atoms with van der Waals surface area (Å²) in [6, 6.07) is 6.08. The number of hydrogen-bond donors (Lipinski definition) is 1. The van der Waals surface area contributed by atoms with E-state index in [1.165, 1.54) is 18.2 Å². The van der Waals surface area contributed by atoms with Gasteiger partial charge >= 0.3 is 5.97 Å². The molecule has 2 fully saturated rings. The highest BCUT2D eigenvalue weighted by atomic mass is 32.2. The maximum Gasteiger partial charge on any atom is 0.335 e. The van der Waals surface area contributed by atoms with Gasteiger partial charge in [-0.3, -0.25) is 19.3 Å². The average molecular weight is 360 g/mol. The van der Waals surface area contributed by atoms with Crippen LogP contribution in [0.1, 0.15) is 28.8 Å². The van der Waals surface area contributed by atoms with Crippen LogP contribution in [-0.4, -0.2) is 57.6 Å². The number of imide groups is 1. The molecule has 130 valence electrons. The van der Waals surface area contributed by atoms with Crippen molar-refractivity contribution in [2.24, 2.45) is 0 Å². The van der Waals surface area contributed by atoms with E-state index in [1.807, 2.05) is 0 Å². The molecule has 0 unspecified atom stereocenters.